The van der Waals surface area contributed by atoms with Gasteiger partial charge in [0.2, 0.25) is 0 Å². The van der Waals surface area contributed by atoms with E-state index >= 15 is 0 Å². The van der Waals surface area contributed by atoms with Crippen LogP contribution in [0.1, 0.15) is 44.9 Å². The zero-order valence-corrected chi connectivity index (χ0v) is 12.1. The molecule has 1 saturated carbocycles. The van der Waals surface area contributed by atoms with Crippen molar-refractivity contribution in [2.75, 3.05) is 13.1 Å². The van der Waals surface area contributed by atoms with Gasteiger partial charge in [-0.05, 0) is 19.3 Å². The molecule has 21 heavy (non-hydrogen) atoms. The summed E-state index contributed by atoms with van der Waals surface area (Å²) in [7, 11) is 0. The number of hydrogen-bond acceptors (Lipinski definition) is 4. The first-order valence-corrected chi connectivity index (χ1v) is 7.48. The second kappa shape index (κ2) is 6.74. The molecule has 0 aromatic carbocycles. The number of rotatable bonds is 2. The molecule has 1 spiro atoms. The van der Waals surface area contributed by atoms with E-state index in [0.717, 1.165) is 6.54 Å². The number of nitrogens with zero attached hydrogens (tertiary/aromatic N) is 2. The molecule has 2 heterocycles. The molecule has 0 bridgehead atoms. The molecular weight excluding hydrogens is 272 g/mol. The lowest BCUT2D eigenvalue weighted by molar-refractivity contribution is -0.134. The molecule has 1 aliphatic carbocycles. The van der Waals surface area contributed by atoms with Gasteiger partial charge in [0.15, 0.2) is 0 Å². The third-order valence-corrected chi connectivity index (χ3v) is 4.47. The lowest BCUT2D eigenvalue weighted by Gasteiger charge is -2.41. The molecule has 6 nitrogen and oxygen atoms in total. The van der Waals surface area contributed by atoms with Crippen LogP contribution in [0.25, 0.3) is 0 Å². The summed E-state index contributed by atoms with van der Waals surface area (Å²) in [6.45, 7) is 2.28. The molecule has 0 unspecified atom stereocenters. The zero-order chi connectivity index (χ0) is 15.3. The highest BCUT2D eigenvalue weighted by Gasteiger charge is 2.45. The Labute approximate surface area is 124 Å². The van der Waals surface area contributed by atoms with Gasteiger partial charge in [-0.25, -0.2) is 9.59 Å². The molecule has 1 saturated heterocycles. The lowest BCUT2D eigenvalue weighted by Crippen LogP contribution is -2.45. The highest BCUT2D eigenvalue weighted by molar-refractivity contribution is 5.89. The average Bonchev–Trinajstić information content (AvgIpc) is 3.04. The number of aliphatic imine (C=N–C) groups is 1. The second-order valence-corrected chi connectivity index (χ2v) is 5.74. The van der Waals surface area contributed by atoms with Crippen LogP contribution in [0.2, 0.25) is 0 Å². The first kappa shape index (κ1) is 15.5. The standard InChI is InChI=1S/C11H18N2.C4H4O4/c1-2-5-11(6-3-1)7-4-10-12-8-9-13(10)11;5-3(6)1-2-4(7)8/h1-9H2;1-2H,(H,5,6)(H,7,8)/b;2-1+. The average molecular weight is 294 g/mol. The predicted molar refractivity (Wildman–Crippen MR) is 78.5 cm³/mol. The van der Waals surface area contributed by atoms with Crippen LogP contribution < -0.4 is 0 Å². The van der Waals surface area contributed by atoms with Gasteiger partial charge in [-0.15, -0.1) is 0 Å². The van der Waals surface area contributed by atoms with Gasteiger partial charge in [0.1, 0.15) is 0 Å². The van der Waals surface area contributed by atoms with Crippen molar-refractivity contribution in [3.8, 4) is 0 Å². The lowest BCUT2D eigenvalue weighted by atomic mass is 9.80. The number of hydrogen-bond donors (Lipinski definition) is 2. The minimum atomic E-state index is -1.26. The fraction of sp³-hybridized carbons (Fsp3) is 0.667. The molecule has 0 amide bonds. The van der Waals surface area contributed by atoms with Gasteiger partial charge >= 0.3 is 11.9 Å². The van der Waals surface area contributed by atoms with Crippen LogP contribution in [0, 0.1) is 0 Å². The summed E-state index contributed by atoms with van der Waals surface area (Å²) in [6, 6.07) is 0. The maximum atomic E-state index is 9.55. The quantitative estimate of drug-likeness (QED) is 0.759. The molecule has 3 aliphatic rings. The molecule has 116 valence electrons. The van der Waals surface area contributed by atoms with Crippen molar-refractivity contribution in [2.24, 2.45) is 4.99 Å². The van der Waals surface area contributed by atoms with Crippen molar-refractivity contribution in [3.05, 3.63) is 12.2 Å². The minimum Gasteiger partial charge on any atom is -0.478 e. The summed E-state index contributed by atoms with van der Waals surface area (Å²) < 4.78 is 0. The molecule has 2 aliphatic heterocycles. The number of amidine groups is 1. The van der Waals surface area contributed by atoms with Crippen molar-refractivity contribution >= 4 is 17.8 Å². The van der Waals surface area contributed by atoms with E-state index < -0.39 is 11.9 Å². The number of carboxylic acids is 2. The molecule has 6 heteroatoms. The molecule has 0 aromatic heterocycles. The Hall–Kier alpha value is -1.85. The Morgan fingerprint density at radius 1 is 1.05 bits per heavy atom. The van der Waals surface area contributed by atoms with E-state index in [1.54, 1.807) is 0 Å². The first-order valence-electron chi connectivity index (χ1n) is 7.48. The van der Waals surface area contributed by atoms with Gasteiger partial charge in [0.25, 0.3) is 0 Å². The van der Waals surface area contributed by atoms with Gasteiger partial charge in [0.05, 0.1) is 12.4 Å². The Morgan fingerprint density at radius 2 is 1.67 bits per heavy atom. The molecule has 0 radical (unpaired) electrons. The van der Waals surface area contributed by atoms with Crippen LogP contribution in [-0.2, 0) is 9.59 Å². The second-order valence-electron chi connectivity index (χ2n) is 5.74. The Bertz CT molecular complexity index is 448. The van der Waals surface area contributed by atoms with Gasteiger partial charge in [-0.3, -0.25) is 4.99 Å². The van der Waals surface area contributed by atoms with Gasteiger partial charge < -0.3 is 15.1 Å². The third kappa shape index (κ3) is 3.83. The van der Waals surface area contributed by atoms with Crippen LogP contribution in [0.15, 0.2) is 17.1 Å². The van der Waals surface area contributed by atoms with Crippen molar-refractivity contribution in [1.82, 2.24) is 4.90 Å². The fourth-order valence-corrected chi connectivity index (χ4v) is 3.57. The van der Waals surface area contributed by atoms with Crippen LogP contribution in [0.5, 0.6) is 0 Å². The van der Waals surface area contributed by atoms with E-state index in [-0.39, 0.29) is 0 Å². The Morgan fingerprint density at radius 3 is 2.24 bits per heavy atom. The molecule has 3 rings (SSSR count). The van der Waals surface area contributed by atoms with E-state index in [0.29, 0.717) is 17.7 Å². The summed E-state index contributed by atoms with van der Waals surface area (Å²) in [5.41, 5.74) is 0.577. The molecular formula is C15H22N2O4. The van der Waals surface area contributed by atoms with Gasteiger partial charge in [0, 0.05) is 30.7 Å². The third-order valence-electron chi connectivity index (χ3n) is 4.47. The predicted octanol–water partition coefficient (Wildman–Crippen LogP) is 1.91. The van der Waals surface area contributed by atoms with Crippen molar-refractivity contribution < 1.29 is 19.8 Å². The number of fused-ring (bicyclic) bond motifs is 2. The van der Waals surface area contributed by atoms with Crippen molar-refractivity contribution in [1.29, 1.82) is 0 Å². The Kier molecular flexibility index (Phi) is 4.98. The maximum Gasteiger partial charge on any atom is 0.328 e. The zero-order valence-electron chi connectivity index (χ0n) is 12.1. The summed E-state index contributed by atoms with van der Waals surface area (Å²) in [4.78, 5) is 26.3. The van der Waals surface area contributed by atoms with E-state index in [9.17, 15) is 9.59 Å². The number of aliphatic carboxylic acids is 2. The smallest absolute Gasteiger partial charge is 0.328 e. The fourth-order valence-electron chi connectivity index (χ4n) is 3.57. The van der Waals surface area contributed by atoms with Gasteiger partial charge in [-0.1, -0.05) is 19.3 Å². The monoisotopic (exact) mass is 294 g/mol. The Balaban J connectivity index is 0.000000177. The summed E-state index contributed by atoms with van der Waals surface area (Å²) >= 11 is 0. The van der Waals surface area contributed by atoms with E-state index in [2.05, 4.69) is 9.89 Å². The molecule has 2 fully saturated rings. The van der Waals surface area contributed by atoms with Crippen LogP contribution in [0.3, 0.4) is 0 Å². The summed E-state index contributed by atoms with van der Waals surface area (Å²) in [5, 5.41) is 15.6. The topological polar surface area (TPSA) is 90.2 Å². The van der Waals surface area contributed by atoms with E-state index in [1.807, 2.05) is 0 Å². The first-order chi connectivity index (χ1) is 10.0. The largest absolute Gasteiger partial charge is 0.478 e. The van der Waals surface area contributed by atoms with Gasteiger partial charge in [-0.2, -0.15) is 0 Å². The van der Waals surface area contributed by atoms with Crippen LogP contribution in [0.4, 0.5) is 0 Å². The summed E-state index contributed by atoms with van der Waals surface area (Å²) in [6.07, 6.45) is 11.0. The minimum absolute atomic E-state index is 0.558. The number of carbonyl (C=O) groups is 2. The number of carboxylic acid groups (broad SMARTS) is 2. The maximum absolute atomic E-state index is 9.55. The highest BCUT2D eigenvalue weighted by atomic mass is 16.4. The van der Waals surface area contributed by atoms with Crippen LogP contribution in [-0.4, -0.2) is 51.5 Å². The SMILES string of the molecule is C1CCC2(CC1)CCC1=NCCN12.O=C(O)/C=C/C(=O)O. The van der Waals surface area contributed by atoms with Crippen LogP contribution >= 0.6 is 0 Å². The summed E-state index contributed by atoms with van der Waals surface area (Å²) in [5.74, 6) is -1.08. The van der Waals surface area contributed by atoms with Crippen molar-refractivity contribution in [2.45, 2.75) is 50.5 Å². The highest BCUT2D eigenvalue weighted by Crippen LogP contribution is 2.43. The molecule has 2 N–H and O–H groups in total. The van der Waals surface area contributed by atoms with E-state index in [1.165, 1.54) is 57.3 Å². The molecule has 0 aromatic rings. The molecule has 0 atom stereocenters. The normalized spacial score (nSPS) is 22.7. The van der Waals surface area contributed by atoms with E-state index in [4.69, 9.17) is 10.2 Å². The van der Waals surface area contributed by atoms with Crippen molar-refractivity contribution in [3.63, 3.8) is 0 Å².